The van der Waals surface area contributed by atoms with Crippen LogP contribution >= 0.6 is 11.6 Å². The van der Waals surface area contributed by atoms with Crippen LogP contribution in [-0.4, -0.2) is 16.8 Å². The molecule has 2 atom stereocenters. The lowest BCUT2D eigenvalue weighted by Gasteiger charge is -2.34. The fraction of sp³-hybridized carbons (Fsp3) is 0.333. The lowest BCUT2D eigenvalue weighted by molar-refractivity contribution is 0.704. The Kier molecular flexibility index (Phi) is 2.82. The van der Waals surface area contributed by atoms with Crippen molar-refractivity contribution in [2.24, 2.45) is 5.73 Å². The van der Waals surface area contributed by atoms with Gasteiger partial charge in [-0.1, -0.05) is 30.7 Å². The summed E-state index contributed by atoms with van der Waals surface area (Å²) < 4.78 is 0. The first-order valence-electron chi connectivity index (χ1n) is 5.37. The fourth-order valence-corrected chi connectivity index (χ4v) is 2.05. The van der Waals surface area contributed by atoms with Gasteiger partial charge in [-0.15, -0.1) is 0 Å². The molecule has 2 rings (SSSR count). The molecule has 1 aliphatic rings. The van der Waals surface area contributed by atoms with Crippen molar-refractivity contribution in [1.82, 2.24) is 0 Å². The minimum Gasteiger partial charge on any atom is -0.367 e. The molecule has 0 aliphatic carbocycles. The predicted octanol–water partition coefficient (Wildman–Crippen LogP) is 1.83. The quantitative estimate of drug-likeness (QED) is 0.663. The Morgan fingerprint density at radius 2 is 2.35 bits per heavy atom. The van der Waals surface area contributed by atoms with Gasteiger partial charge in [0.05, 0.1) is 11.8 Å². The van der Waals surface area contributed by atoms with Gasteiger partial charge in [0.2, 0.25) is 4.87 Å². The highest BCUT2D eigenvalue weighted by Gasteiger charge is 2.44. The minimum absolute atomic E-state index is 0.0607. The zero-order valence-corrected chi connectivity index (χ0v) is 10.2. The fourth-order valence-electron chi connectivity index (χ4n) is 1.89. The van der Waals surface area contributed by atoms with E-state index in [-0.39, 0.29) is 5.71 Å². The molecule has 0 fully saturated rings. The molecule has 0 saturated carbocycles. The lowest BCUT2D eigenvalue weighted by atomic mass is 9.88. The van der Waals surface area contributed by atoms with Crippen LogP contribution in [0.15, 0.2) is 18.2 Å². The summed E-state index contributed by atoms with van der Waals surface area (Å²) in [5.41, 5.74) is 8.43. The molecule has 4 N–H and O–H groups in total. The third-order valence-electron chi connectivity index (χ3n) is 3.03. The summed E-state index contributed by atoms with van der Waals surface area (Å²) in [6.45, 7) is 2.05. The third-order valence-corrected chi connectivity index (χ3v) is 3.54. The van der Waals surface area contributed by atoms with E-state index in [1.807, 2.05) is 24.3 Å². The van der Waals surface area contributed by atoms with E-state index in [1.54, 1.807) is 0 Å². The number of aryl methyl sites for hydroxylation is 1. The van der Waals surface area contributed by atoms with Gasteiger partial charge in [0, 0.05) is 11.3 Å². The molecule has 4 nitrogen and oxygen atoms in total. The average molecular weight is 249 g/mol. The second-order valence-electron chi connectivity index (χ2n) is 4.05. The highest BCUT2D eigenvalue weighted by Crippen LogP contribution is 2.34. The van der Waals surface area contributed by atoms with E-state index in [4.69, 9.17) is 28.0 Å². The monoisotopic (exact) mass is 248 g/mol. The van der Waals surface area contributed by atoms with Crippen LogP contribution in [0, 0.1) is 16.7 Å². The maximum Gasteiger partial charge on any atom is 0.205 e. The van der Waals surface area contributed by atoms with Crippen LogP contribution in [0.4, 0.5) is 5.69 Å². The molecule has 1 aromatic carbocycles. The summed E-state index contributed by atoms with van der Waals surface area (Å²) >= 11 is 6.09. The van der Waals surface area contributed by atoms with Crippen LogP contribution in [0.5, 0.6) is 0 Å². The van der Waals surface area contributed by atoms with Crippen molar-refractivity contribution < 1.29 is 0 Å². The summed E-state index contributed by atoms with van der Waals surface area (Å²) in [4.78, 5) is -1.50. The summed E-state index contributed by atoms with van der Waals surface area (Å²) in [5, 5.41) is 20.1. The van der Waals surface area contributed by atoms with E-state index in [2.05, 4.69) is 12.2 Å². The SMILES string of the molecule is CCc1ccc2c(c1)NC(N)C(Cl)(C#N)C2=N. The van der Waals surface area contributed by atoms with E-state index < -0.39 is 11.0 Å². The molecule has 0 spiro atoms. The molecule has 2 unspecified atom stereocenters. The number of nitrogens with two attached hydrogens (primary N) is 1. The molecular formula is C12H13ClN4. The van der Waals surface area contributed by atoms with E-state index in [0.717, 1.165) is 17.7 Å². The normalized spacial score (nSPS) is 26.9. The molecule has 1 aromatic rings. The van der Waals surface area contributed by atoms with Crippen molar-refractivity contribution in [2.45, 2.75) is 24.4 Å². The highest BCUT2D eigenvalue weighted by molar-refractivity contribution is 6.42. The van der Waals surface area contributed by atoms with Gasteiger partial charge in [-0.05, 0) is 18.1 Å². The maximum absolute atomic E-state index is 9.07. The topological polar surface area (TPSA) is 85.7 Å². The van der Waals surface area contributed by atoms with Gasteiger partial charge >= 0.3 is 0 Å². The van der Waals surface area contributed by atoms with Crippen molar-refractivity contribution in [1.29, 1.82) is 10.7 Å². The van der Waals surface area contributed by atoms with Crippen LogP contribution in [0.2, 0.25) is 0 Å². The Labute approximate surface area is 105 Å². The summed E-state index contributed by atoms with van der Waals surface area (Å²) in [6.07, 6.45) is 0.128. The number of hydrogen-bond donors (Lipinski definition) is 3. The summed E-state index contributed by atoms with van der Waals surface area (Å²) in [5.74, 6) is 0. The van der Waals surface area contributed by atoms with Crippen molar-refractivity contribution in [2.75, 3.05) is 5.32 Å². The Bertz CT molecular complexity index is 520. The van der Waals surface area contributed by atoms with E-state index in [9.17, 15) is 0 Å². The van der Waals surface area contributed by atoms with Gasteiger partial charge in [0.25, 0.3) is 0 Å². The largest absolute Gasteiger partial charge is 0.367 e. The van der Waals surface area contributed by atoms with Crippen LogP contribution in [0.3, 0.4) is 0 Å². The van der Waals surface area contributed by atoms with Crippen molar-refractivity contribution in [3.63, 3.8) is 0 Å². The number of alkyl halides is 1. The standard InChI is InChI=1S/C12H13ClN4/c1-2-7-3-4-8-9(5-7)17-11(16)12(13,6-14)10(8)15/h3-5,11,15,17H,2,16H2,1H3. The number of nitrogens with one attached hydrogen (secondary N) is 2. The average Bonchev–Trinajstić information content (AvgIpc) is 2.35. The van der Waals surface area contributed by atoms with Crippen LogP contribution in [0.1, 0.15) is 18.1 Å². The maximum atomic E-state index is 9.07. The number of halogens is 1. The first kappa shape index (κ1) is 11.9. The Morgan fingerprint density at radius 1 is 1.65 bits per heavy atom. The second kappa shape index (κ2) is 4.02. The van der Waals surface area contributed by atoms with Crippen molar-refractivity contribution in [3.8, 4) is 6.07 Å². The smallest absolute Gasteiger partial charge is 0.205 e. The number of benzene rings is 1. The molecular weight excluding hydrogens is 236 g/mol. The van der Waals surface area contributed by atoms with Crippen LogP contribution in [-0.2, 0) is 6.42 Å². The summed E-state index contributed by atoms with van der Waals surface area (Å²) in [7, 11) is 0. The third kappa shape index (κ3) is 1.68. The van der Waals surface area contributed by atoms with Gasteiger partial charge in [-0.3, -0.25) is 0 Å². The molecule has 88 valence electrons. The van der Waals surface area contributed by atoms with E-state index in [0.29, 0.717) is 5.56 Å². The van der Waals surface area contributed by atoms with Gasteiger partial charge in [0.15, 0.2) is 0 Å². The Hall–Kier alpha value is -1.57. The van der Waals surface area contributed by atoms with E-state index in [1.165, 1.54) is 0 Å². The van der Waals surface area contributed by atoms with Crippen LogP contribution in [0.25, 0.3) is 0 Å². The van der Waals surface area contributed by atoms with Gasteiger partial charge in [0.1, 0.15) is 6.17 Å². The van der Waals surface area contributed by atoms with Gasteiger partial charge in [-0.2, -0.15) is 5.26 Å². The Balaban J connectivity index is 2.54. The number of nitrogens with zero attached hydrogens (tertiary/aromatic N) is 1. The van der Waals surface area contributed by atoms with Crippen molar-refractivity contribution in [3.05, 3.63) is 29.3 Å². The molecule has 17 heavy (non-hydrogen) atoms. The first-order chi connectivity index (χ1) is 8.02. The highest BCUT2D eigenvalue weighted by atomic mass is 35.5. The number of fused-ring (bicyclic) bond motifs is 1. The van der Waals surface area contributed by atoms with E-state index >= 15 is 0 Å². The number of anilines is 1. The van der Waals surface area contributed by atoms with Crippen molar-refractivity contribution >= 4 is 23.0 Å². The molecule has 0 bridgehead atoms. The number of rotatable bonds is 1. The molecule has 0 aromatic heterocycles. The molecule has 0 saturated heterocycles. The van der Waals surface area contributed by atoms with Gasteiger partial charge < -0.3 is 16.5 Å². The molecule has 1 heterocycles. The number of hydrogen-bond acceptors (Lipinski definition) is 4. The van der Waals surface area contributed by atoms with Crippen LogP contribution < -0.4 is 11.1 Å². The zero-order valence-electron chi connectivity index (χ0n) is 9.42. The van der Waals surface area contributed by atoms with Gasteiger partial charge in [-0.25, -0.2) is 0 Å². The second-order valence-corrected chi connectivity index (χ2v) is 4.65. The summed E-state index contributed by atoms with van der Waals surface area (Å²) in [6, 6.07) is 7.59. The Morgan fingerprint density at radius 3 is 2.94 bits per heavy atom. The molecule has 0 radical (unpaired) electrons. The zero-order chi connectivity index (χ0) is 12.6. The first-order valence-corrected chi connectivity index (χ1v) is 5.75. The predicted molar refractivity (Wildman–Crippen MR) is 68.4 cm³/mol. The molecule has 5 heteroatoms. The lowest BCUT2D eigenvalue weighted by Crippen LogP contribution is -2.56. The minimum atomic E-state index is -1.50. The molecule has 1 aliphatic heterocycles. The number of nitriles is 1. The molecule has 0 amide bonds.